The number of anilines is 1. The van der Waals surface area contributed by atoms with Crippen molar-refractivity contribution >= 4 is 27.5 Å². The van der Waals surface area contributed by atoms with E-state index in [1.54, 1.807) is 6.07 Å². The summed E-state index contributed by atoms with van der Waals surface area (Å²) in [6.45, 7) is 10.5. The first-order chi connectivity index (χ1) is 11.1. The third-order valence-electron chi connectivity index (χ3n) is 4.29. The monoisotopic (exact) mass is 401 g/mol. The molecule has 1 aliphatic rings. The second-order valence-corrected chi connectivity index (χ2v) is 7.92. The lowest BCUT2D eigenvalue weighted by Gasteiger charge is -2.45. The Morgan fingerprint density at radius 3 is 2.54 bits per heavy atom. The molecule has 1 aliphatic heterocycles. The van der Waals surface area contributed by atoms with Crippen LogP contribution in [0.5, 0.6) is 0 Å². The van der Waals surface area contributed by atoms with E-state index in [0.717, 1.165) is 13.1 Å². The number of hydrogen-bond donors (Lipinski definition) is 2. The topological polar surface area (TPSA) is 67.6 Å². The van der Waals surface area contributed by atoms with Crippen LogP contribution in [0.2, 0.25) is 0 Å². The van der Waals surface area contributed by atoms with Gasteiger partial charge in [-0.05, 0) is 39.8 Å². The summed E-state index contributed by atoms with van der Waals surface area (Å²) in [7, 11) is 0. The third-order valence-corrected chi connectivity index (χ3v) is 4.75. The molecule has 0 radical (unpaired) electrons. The van der Waals surface area contributed by atoms with Crippen LogP contribution in [0.15, 0.2) is 16.6 Å². The maximum Gasteiger partial charge on any atom is 0.253 e. The Hall–Kier alpha value is -1.18. The standard InChI is InChI=1S/C17H25BrFN3O2/c1-10-7-22(8-11(2)24-10)17(3,4)9-21-14-6-12(18)5-13(19)15(14)16(20)23/h5-6,10-11,21H,7-9H2,1-4H3,(H2,20,23). The number of nitrogens with two attached hydrogens (primary N) is 1. The minimum Gasteiger partial charge on any atom is -0.382 e. The van der Waals surface area contributed by atoms with E-state index >= 15 is 0 Å². The molecule has 1 amide bonds. The highest BCUT2D eigenvalue weighted by Gasteiger charge is 2.33. The molecular weight excluding hydrogens is 377 g/mol. The summed E-state index contributed by atoms with van der Waals surface area (Å²) in [5.41, 5.74) is 5.41. The molecule has 2 unspecified atom stereocenters. The molecule has 0 bridgehead atoms. The van der Waals surface area contributed by atoms with Gasteiger partial charge in [0, 0.05) is 29.6 Å². The van der Waals surface area contributed by atoms with Crippen LogP contribution >= 0.6 is 15.9 Å². The van der Waals surface area contributed by atoms with Crippen molar-refractivity contribution in [2.75, 3.05) is 25.0 Å². The van der Waals surface area contributed by atoms with Gasteiger partial charge in [0.1, 0.15) is 5.82 Å². The first-order valence-corrected chi connectivity index (χ1v) is 8.82. The number of halogens is 2. The normalized spacial score (nSPS) is 22.4. The Morgan fingerprint density at radius 1 is 1.42 bits per heavy atom. The summed E-state index contributed by atoms with van der Waals surface area (Å²) in [6, 6.07) is 2.91. The van der Waals surface area contributed by atoms with E-state index in [0.29, 0.717) is 16.7 Å². The van der Waals surface area contributed by atoms with Crippen molar-refractivity contribution in [1.82, 2.24) is 4.90 Å². The van der Waals surface area contributed by atoms with Crippen molar-refractivity contribution in [3.05, 3.63) is 28.0 Å². The predicted molar refractivity (Wildman–Crippen MR) is 96.8 cm³/mol. The largest absolute Gasteiger partial charge is 0.382 e. The number of amides is 1. The van der Waals surface area contributed by atoms with E-state index < -0.39 is 11.7 Å². The van der Waals surface area contributed by atoms with Gasteiger partial charge < -0.3 is 15.8 Å². The lowest BCUT2D eigenvalue weighted by Crippen LogP contribution is -2.57. The highest BCUT2D eigenvalue weighted by molar-refractivity contribution is 9.10. The van der Waals surface area contributed by atoms with Gasteiger partial charge >= 0.3 is 0 Å². The SMILES string of the molecule is CC1CN(C(C)(C)CNc2cc(Br)cc(F)c2C(N)=O)CC(C)O1. The summed E-state index contributed by atoms with van der Waals surface area (Å²) < 4.78 is 20.4. The molecule has 1 heterocycles. The molecule has 2 atom stereocenters. The summed E-state index contributed by atoms with van der Waals surface area (Å²) >= 11 is 3.25. The minimum atomic E-state index is -0.783. The number of ether oxygens (including phenoxy) is 1. The van der Waals surface area contributed by atoms with Crippen LogP contribution in [0.4, 0.5) is 10.1 Å². The fraction of sp³-hybridized carbons (Fsp3) is 0.588. The predicted octanol–water partition coefficient (Wildman–Crippen LogP) is 2.99. The Bertz CT molecular complexity index is 614. The molecule has 24 heavy (non-hydrogen) atoms. The zero-order valence-corrected chi connectivity index (χ0v) is 16.1. The molecule has 0 spiro atoms. The number of benzene rings is 1. The van der Waals surface area contributed by atoms with Crippen LogP contribution in [-0.4, -0.2) is 48.2 Å². The van der Waals surface area contributed by atoms with Crippen molar-refractivity contribution in [2.24, 2.45) is 5.73 Å². The van der Waals surface area contributed by atoms with Crippen molar-refractivity contribution in [1.29, 1.82) is 0 Å². The highest BCUT2D eigenvalue weighted by atomic mass is 79.9. The molecule has 2 rings (SSSR count). The number of morpholine rings is 1. The van der Waals surface area contributed by atoms with Crippen molar-refractivity contribution in [3.63, 3.8) is 0 Å². The molecule has 1 aromatic rings. The number of carbonyl (C=O) groups is 1. The molecule has 1 aromatic carbocycles. The van der Waals surface area contributed by atoms with E-state index in [9.17, 15) is 9.18 Å². The van der Waals surface area contributed by atoms with E-state index in [1.165, 1.54) is 6.07 Å². The molecule has 1 fully saturated rings. The molecule has 134 valence electrons. The maximum absolute atomic E-state index is 14.0. The fourth-order valence-electron chi connectivity index (χ4n) is 3.06. The Balaban J connectivity index is 2.16. The van der Waals surface area contributed by atoms with Crippen LogP contribution in [0, 0.1) is 5.82 Å². The molecule has 1 saturated heterocycles. The third kappa shape index (κ3) is 4.46. The van der Waals surface area contributed by atoms with Crippen LogP contribution in [0.1, 0.15) is 38.1 Å². The summed E-state index contributed by atoms with van der Waals surface area (Å²) in [4.78, 5) is 13.9. The second kappa shape index (κ2) is 7.37. The molecule has 7 heteroatoms. The van der Waals surface area contributed by atoms with Gasteiger partial charge in [0.05, 0.1) is 23.5 Å². The number of hydrogen-bond acceptors (Lipinski definition) is 4. The smallest absolute Gasteiger partial charge is 0.253 e. The Kier molecular flexibility index (Phi) is 5.88. The van der Waals surface area contributed by atoms with Crippen LogP contribution in [0.25, 0.3) is 0 Å². The van der Waals surface area contributed by atoms with Crippen LogP contribution in [0.3, 0.4) is 0 Å². The van der Waals surface area contributed by atoms with E-state index in [1.807, 2.05) is 0 Å². The molecule has 5 nitrogen and oxygen atoms in total. The first kappa shape index (κ1) is 19.1. The molecule has 3 N–H and O–H groups in total. The van der Waals surface area contributed by atoms with Crippen molar-refractivity contribution in [3.8, 4) is 0 Å². The van der Waals surface area contributed by atoms with E-state index in [2.05, 4.69) is 53.8 Å². The average molecular weight is 402 g/mol. The molecule has 0 aliphatic carbocycles. The fourth-order valence-corrected chi connectivity index (χ4v) is 3.49. The minimum absolute atomic E-state index is 0.113. The van der Waals surface area contributed by atoms with Gasteiger partial charge in [0.15, 0.2) is 0 Å². The maximum atomic E-state index is 14.0. The van der Waals surface area contributed by atoms with Crippen molar-refractivity contribution in [2.45, 2.75) is 45.4 Å². The summed E-state index contributed by atoms with van der Waals surface area (Å²) in [6.07, 6.45) is 0.329. The zero-order chi connectivity index (χ0) is 18.1. The summed E-state index contributed by atoms with van der Waals surface area (Å²) in [5, 5.41) is 3.19. The number of nitrogens with zero attached hydrogens (tertiary/aromatic N) is 1. The van der Waals surface area contributed by atoms with Gasteiger partial charge in [-0.25, -0.2) is 4.39 Å². The summed E-state index contributed by atoms with van der Waals surface area (Å²) in [5.74, 6) is -1.42. The van der Waals surface area contributed by atoms with E-state index in [4.69, 9.17) is 10.5 Å². The number of rotatable bonds is 5. The molecular formula is C17H25BrFN3O2. The van der Waals surface area contributed by atoms with Crippen LogP contribution < -0.4 is 11.1 Å². The lowest BCUT2D eigenvalue weighted by atomic mass is 9.99. The van der Waals surface area contributed by atoms with Gasteiger partial charge in [-0.2, -0.15) is 0 Å². The van der Waals surface area contributed by atoms with Crippen LogP contribution in [-0.2, 0) is 4.74 Å². The molecule has 0 saturated carbocycles. The lowest BCUT2D eigenvalue weighted by molar-refractivity contribution is -0.0933. The first-order valence-electron chi connectivity index (χ1n) is 8.03. The van der Waals surface area contributed by atoms with Crippen molar-refractivity contribution < 1.29 is 13.9 Å². The van der Waals surface area contributed by atoms with Gasteiger partial charge in [0.2, 0.25) is 0 Å². The Morgan fingerprint density at radius 2 is 2.00 bits per heavy atom. The number of carbonyl (C=O) groups excluding carboxylic acids is 1. The van der Waals surface area contributed by atoms with Gasteiger partial charge in [-0.3, -0.25) is 9.69 Å². The molecule has 0 aromatic heterocycles. The van der Waals surface area contributed by atoms with Gasteiger partial charge in [-0.15, -0.1) is 0 Å². The average Bonchev–Trinajstić information content (AvgIpc) is 2.43. The van der Waals surface area contributed by atoms with Gasteiger partial charge in [-0.1, -0.05) is 15.9 Å². The number of nitrogens with one attached hydrogen (secondary N) is 1. The van der Waals surface area contributed by atoms with Gasteiger partial charge in [0.25, 0.3) is 5.91 Å². The van der Waals surface area contributed by atoms with E-state index in [-0.39, 0.29) is 23.3 Å². The number of primary amides is 1. The zero-order valence-electron chi connectivity index (χ0n) is 14.5. The quantitative estimate of drug-likeness (QED) is 0.795. The second-order valence-electron chi connectivity index (χ2n) is 7.00. The Labute approximate surface area is 150 Å². The highest BCUT2D eigenvalue weighted by Crippen LogP contribution is 2.27.